The number of hydrogen-bond donors (Lipinski definition) is 3. The van der Waals surface area contributed by atoms with E-state index in [1.54, 1.807) is 30.3 Å². The predicted molar refractivity (Wildman–Crippen MR) is 118 cm³/mol. The largest absolute Gasteiger partial charge is 0.490 e. The summed E-state index contributed by atoms with van der Waals surface area (Å²) in [6, 6.07) is 12.4. The molecule has 0 heterocycles. The van der Waals surface area contributed by atoms with Gasteiger partial charge in [-0.25, -0.2) is 0 Å². The summed E-state index contributed by atoms with van der Waals surface area (Å²) < 4.78 is 11.7. The van der Waals surface area contributed by atoms with Crippen LogP contribution in [0.15, 0.2) is 46.9 Å². The van der Waals surface area contributed by atoms with Crippen LogP contribution in [0.3, 0.4) is 0 Å². The summed E-state index contributed by atoms with van der Waals surface area (Å²) in [5, 5.41) is 2.44. The van der Waals surface area contributed by atoms with Crippen molar-refractivity contribution in [2.45, 2.75) is 26.9 Å². The number of benzene rings is 2. The molecule has 0 atom stereocenters. The van der Waals surface area contributed by atoms with Gasteiger partial charge in [-0.3, -0.25) is 25.8 Å². The zero-order valence-electron chi connectivity index (χ0n) is 16.2. The molecular formula is C20H22BrN3O4S. The first kappa shape index (κ1) is 22.6. The van der Waals surface area contributed by atoms with E-state index in [1.165, 1.54) is 0 Å². The van der Waals surface area contributed by atoms with Crippen molar-refractivity contribution in [2.75, 3.05) is 6.61 Å². The second kappa shape index (κ2) is 10.8. The second-order valence-corrected chi connectivity index (χ2v) is 7.69. The first-order valence-electron chi connectivity index (χ1n) is 8.80. The van der Waals surface area contributed by atoms with Crippen molar-refractivity contribution >= 4 is 45.1 Å². The Bertz CT molecular complexity index is 888. The molecule has 0 aliphatic heterocycles. The van der Waals surface area contributed by atoms with Gasteiger partial charge in [-0.1, -0.05) is 33.6 Å². The van der Waals surface area contributed by atoms with Gasteiger partial charge in [0.05, 0.1) is 11.7 Å². The lowest BCUT2D eigenvalue weighted by molar-refractivity contribution is -0.123. The van der Waals surface area contributed by atoms with Gasteiger partial charge in [-0.15, -0.1) is 0 Å². The number of halogens is 1. The second-order valence-electron chi connectivity index (χ2n) is 6.37. The molecule has 0 unspecified atom stereocenters. The molecule has 0 radical (unpaired) electrons. The van der Waals surface area contributed by atoms with E-state index in [-0.39, 0.29) is 17.8 Å². The third kappa shape index (κ3) is 7.71. The van der Waals surface area contributed by atoms with E-state index < -0.39 is 11.8 Å². The third-order valence-electron chi connectivity index (χ3n) is 3.48. The van der Waals surface area contributed by atoms with Gasteiger partial charge in [0.2, 0.25) is 0 Å². The number of hydrazine groups is 1. The molecular weight excluding hydrogens is 458 g/mol. The lowest BCUT2D eigenvalue weighted by Crippen LogP contribution is -2.49. The van der Waals surface area contributed by atoms with Crippen LogP contribution in [0.5, 0.6) is 11.5 Å². The molecule has 2 amide bonds. The molecule has 0 saturated heterocycles. The number of rotatable bonds is 6. The standard InChI is InChI=1S/C20H22BrN3O4S/c1-12(2)28-17-9-6-14(21)10-16(17)19(26)22-20(29)24-23-18(25)11-27-15-7-4-13(3)5-8-15/h4-10,12H,11H2,1-3H3,(H,23,25)(H2,22,24,26,29). The first-order valence-corrected chi connectivity index (χ1v) is 10.0. The zero-order valence-corrected chi connectivity index (χ0v) is 18.6. The van der Waals surface area contributed by atoms with E-state index in [0.717, 1.165) is 10.0 Å². The summed E-state index contributed by atoms with van der Waals surface area (Å²) in [6.45, 7) is 5.49. The molecule has 0 spiro atoms. The van der Waals surface area contributed by atoms with Crippen LogP contribution >= 0.6 is 28.1 Å². The predicted octanol–water partition coefficient (Wildman–Crippen LogP) is 3.26. The van der Waals surface area contributed by atoms with Crippen LogP contribution < -0.4 is 25.6 Å². The Labute approximate surface area is 183 Å². The van der Waals surface area contributed by atoms with Gasteiger partial charge in [0.1, 0.15) is 11.5 Å². The van der Waals surface area contributed by atoms with E-state index >= 15 is 0 Å². The average molecular weight is 480 g/mol. The molecule has 0 saturated carbocycles. The zero-order chi connectivity index (χ0) is 21.4. The Morgan fingerprint density at radius 3 is 2.45 bits per heavy atom. The Balaban J connectivity index is 1.84. The highest BCUT2D eigenvalue weighted by Gasteiger charge is 2.16. The Hall–Kier alpha value is -2.65. The van der Waals surface area contributed by atoms with Gasteiger partial charge in [0.15, 0.2) is 11.7 Å². The van der Waals surface area contributed by atoms with Gasteiger partial charge in [-0.05, 0) is 63.3 Å². The molecule has 2 aromatic carbocycles. The van der Waals surface area contributed by atoms with E-state index in [0.29, 0.717) is 17.1 Å². The number of hydrogen-bond acceptors (Lipinski definition) is 5. The van der Waals surface area contributed by atoms with Gasteiger partial charge >= 0.3 is 0 Å². The molecule has 3 N–H and O–H groups in total. The summed E-state index contributed by atoms with van der Waals surface area (Å²) in [4.78, 5) is 24.4. The van der Waals surface area contributed by atoms with E-state index in [9.17, 15) is 9.59 Å². The minimum absolute atomic E-state index is 0.0610. The molecule has 7 nitrogen and oxygen atoms in total. The fourth-order valence-corrected chi connectivity index (χ4v) is 2.69. The molecule has 2 rings (SSSR count). The van der Waals surface area contributed by atoms with Crippen LogP contribution in [0, 0.1) is 6.92 Å². The van der Waals surface area contributed by atoms with E-state index in [2.05, 4.69) is 32.1 Å². The van der Waals surface area contributed by atoms with Crippen molar-refractivity contribution in [1.82, 2.24) is 16.2 Å². The van der Waals surface area contributed by atoms with Gasteiger partial charge < -0.3 is 9.47 Å². The molecule has 29 heavy (non-hydrogen) atoms. The van der Waals surface area contributed by atoms with Crippen molar-refractivity contribution in [1.29, 1.82) is 0 Å². The minimum Gasteiger partial charge on any atom is -0.490 e. The summed E-state index contributed by atoms with van der Waals surface area (Å²) >= 11 is 8.39. The van der Waals surface area contributed by atoms with Crippen molar-refractivity contribution in [2.24, 2.45) is 0 Å². The first-order chi connectivity index (χ1) is 13.7. The average Bonchev–Trinajstić information content (AvgIpc) is 2.67. The van der Waals surface area contributed by atoms with E-state index in [1.807, 2.05) is 32.9 Å². The molecule has 9 heteroatoms. The fraction of sp³-hybridized carbons (Fsp3) is 0.250. The Morgan fingerprint density at radius 2 is 1.79 bits per heavy atom. The lowest BCUT2D eigenvalue weighted by atomic mass is 10.2. The molecule has 0 aliphatic rings. The number of aryl methyl sites for hydroxylation is 1. The molecule has 0 aromatic heterocycles. The maximum absolute atomic E-state index is 12.5. The molecule has 0 aliphatic carbocycles. The highest BCUT2D eigenvalue weighted by molar-refractivity contribution is 9.10. The van der Waals surface area contributed by atoms with E-state index in [4.69, 9.17) is 21.7 Å². The molecule has 2 aromatic rings. The van der Waals surface area contributed by atoms with Crippen molar-refractivity contribution in [3.63, 3.8) is 0 Å². The number of amides is 2. The fourth-order valence-electron chi connectivity index (χ4n) is 2.18. The van der Waals surface area contributed by atoms with Crippen molar-refractivity contribution < 1.29 is 19.1 Å². The molecule has 0 bridgehead atoms. The highest BCUT2D eigenvalue weighted by Crippen LogP contribution is 2.24. The normalized spacial score (nSPS) is 10.2. The Morgan fingerprint density at radius 1 is 1.10 bits per heavy atom. The van der Waals surface area contributed by atoms with Crippen LogP contribution in [-0.2, 0) is 4.79 Å². The number of ether oxygens (including phenoxy) is 2. The minimum atomic E-state index is -0.468. The van der Waals surface area contributed by atoms with Crippen molar-refractivity contribution in [3.05, 3.63) is 58.1 Å². The topological polar surface area (TPSA) is 88.7 Å². The quantitative estimate of drug-likeness (QED) is 0.435. The molecule has 0 fully saturated rings. The van der Waals surface area contributed by atoms with Crippen LogP contribution in [0.25, 0.3) is 0 Å². The summed E-state index contributed by atoms with van der Waals surface area (Å²) in [6.07, 6.45) is -0.0966. The van der Waals surface area contributed by atoms with Crippen LogP contribution in [0.1, 0.15) is 29.8 Å². The number of carbonyl (C=O) groups is 2. The number of nitrogens with one attached hydrogen (secondary N) is 3. The van der Waals surface area contributed by atoms with Crippen LogP contribution in [0.4, 0.5) is 0 Å². The van der Waals surface area contributed by atoms with Crippen molar-refractivity contribution in [3.8, 4) is 11.5 Å². The maximum Gasteiger partial charge on any atom is 0.276 e. The lowest BCUT2D eigenvalue weighted by Gasteiger charge is -2.15. The van der Waals surface area contributed by atoms with Crippen LogP contribution in [-0.4, -0.2) is 29.6 Å². The third-order valence-corrected chi connectivity index (χ3v) is 4.18. The number of thiocarbonyl (C=S) groups is 1. The summed E-state index contributed by atoms with van der Waals surface area (Å²) in [5.41, 5.74) is 6.25. The number of carbonyl (C=O) groups excluding carboxylic acids is 2. The summed E-state index contributed by atoms with van der Waals surface area (Å²) in [5.74, 6) is 0.0889. The molecule has 154 valence electrons. The van der Waals surface area contributed by atoms with Gasteiger partial charge in [0, 0.05) is 4.47 Å². The Kier molecular flexibility index (Phi) is 8.41. The monoisotopic (exact) mass is 479 g/mol. The van der Waals surface area contributed by atoms with Gasteiger partial charge in [0.25, 0.3) is 11.8 Å². The SMILES string of the molecule is Cc1ccc(OCC(=O)NNC(=S)NC(=O)c2cc(Br)ccc2OC(C)C)cc1. The smallest absolute Gasteiger partial charge is 0.276 e. The summed E-state index contributed by atoms with van der Waals surface area (Å²) in [7, 11) is 0. The van der Waals surface area contributed by atoms with Gasteiger partial charge in [-0.2, -0.15) is 0 Å². The highest BCUT2D eigenvalue weighted by atomic mass is 79.9. The van der Waals surface area contributed by atoms with Crippen LogP contribution in [0.2, 0.25) is 0 Å². The maximum atomic E-state index is 12.5.